The minimum Gasteiger partial charge on any atom is -0.0801 e. The Morgan fingerprint density at radius 1 is 1.36 bits per heavy atom. The number of hydrogen-bond donors (Lipinski definition) is 0. The van der Waals surface area contributed by atoms with Gasteiger partial charge in [0.05, 0.1) is 8.07 Å². The van der Waals surface area contributed by atoms with Crippen molar-refractivity contribution in [3.05, 3.63) is 23.8 Å². The molecule has 0 radical (unpaired) electrons. The van der Waals surface area contributed by atoms with E-state index in [0.717, 1.165) is 5.54 Å². The van der Waals surface area contributed by atoms with Crippen LogP contribution in [0.4, 0.5) is 0 Å². The van der Waals surface area contributed by atoms with Crippen molar-refractivity contribution in [1.82, 2.24) is 0 Å². The zero-order valence-corrected chi connectivity index (χ0v) is 9.02. The predicted molar refractivity (Wildman–Crippen MR) is 54.6 cm³/mol. The molecule has 0 saturated carbocycles. The quantitative estimate of drug-likeness (QED) is 0.550. The second-order valence-corrected chi connectivity index (χ2v) is 9.68. The fraction of sp³-hybridized carbons (Fsp3) is 0.600. The maximum absolute atomic E-state index is 2.44. The van der Waals surface area contributed by atoms with Gasteiger partial charge < -0.3 is 0 Å². The summed E-state index contributed by atoms with van der Waals surface area (Å²) in [5, 5.41) is 0. The second-order valence-electron chi connectivity index (χ2n) is 4.32. The molecule has 0 saturated heterocycles. The van der Waals surface area contributed by atoms with E-state index in [9.17, 15) is 0 Å². The average molecular weight is 166 g/mol. The largest absolute Gasteiger partial charge is 0.0801 e. The van der Waals surface area contributed by atoms with E-state index in [0.29, 0.717) is 0 Å². The molecule has 1 heteroatoms. The summed E-state index contributed by atoms with van der Waals surface area (Å²) in [6.45, 7) is 9.58. The van der Waals surface area contributed by atoms with Crippen LogP contribution in [-0.2, 0) is 0 Å². The van der Waals surface area contributed by atoms with E-state index in [-0.39, 0.29) is 0 Å². The van der Waals surface area contributed by atoms with Gasteiger partial charge in [-0.15, -0.1) is 0 Å². The standard InChI is InChI=1S/C10H18Si/c1-5-9-7-6-8-10(9)11(2,3)4/h6-8,10H,5H2,1-4H3/t10-/m0/s1. The van der Waals surface area contributed by atoms with Gasteiger partial charge in [0.2, 0.25) is 0 Å². The SMILES string of the molecule is CCC1=CC=C[C@@H]1[Si](C)(C)C. The van der Waals surface area contributed by atoms with Crippen LogP contribution in [0.25, 0.3) is 0 Å². The smallest absolute Gasteiger partial charge is 0.0561 e. The first kappa shape index (κ1) is 8.79. The van der Waals surface area contributed by atoms with Gasteiger partial charge in [0, 0.05) is 0 Å². The summed E-state index contributed by atoms with van der Waals surface area (Å²) >= 11 is 0. The molecule has 0 aromatic heterocycles. The highest BCUT2D eigenvalue weighted by Crippen LogP contribution is 2.36. The zero-order valence-electron chi connectivity index (χ0n) is 8.02. The number of hydrogen-bond acceptors (Lipinski definition) is 0. The molecule has 0 fully saturated rings. The summed E-state index contributed by atoms with van der Waals surface area (Å²) in [7, 11) is -0.963. The van der Waals surface area contributed by atoms with Crippen LogP contribution in [0.2, 0.25) is 25.2 Å². The van der Waals surface area contributed by atoms with E-state index < -0.39 is 8.07 Å². The summed E-state index contributed by atoms with van der Waals surface area (Å²) in [5.74, 6) is 0. The molecule has 0 aromatic rings. The maximum Gasteiger partial charge on any atom is 0.0561 e. The Bertz CT molecular complexity index is 193. The van der Waals surface area contributed by atoms with Crippen molar-refractivity contribution in [3.63, 3.8) is 0 Å². The molecule has 0 N–H and O–H groups in total. The normalized spacial score (nSPS) is 24.0. The Hall–Kier alpha value is -0.303. The molecule has 1 aliphatic rings. The van der Waals surface area contributed by atoms with Crippen LogP contribution in [-0.4, -0.2) is 8.07 Å². The Balaban J connectivity index is 2.75. The molecule has 0 nitrogen and oxygen atoms in total. The van der Waals surface area contributed by atoms with Gasteiger partial charge in [-0.05, 0) is 12.0 Å². The monoisotopic (exact) mass is 166 g/mol. The van der Waals surface area contributed by atoms with Gasteiger partial charge in [-0.25, -0.2) is 0 Å². The molecular formula is C10H18Si. The fourth-order valence-corrected chi connectivity index (χ4v) is 3.80. The van der Waals surface area contributed by atoms with Crippen molar-refractivity contribution in [1.29, 1.82) is 0 Å². The van der Waals surface area contributed by atoms with E-state index in [1.54, 1.807) is 5.57 Å². The molecule has 0 unspecified atom stereocenters. The molecule has 0 aromatic carbocycles. The van der Waals surface area contributed by atoms with Crippen LogP contribution in [0.15, 0.2) is 23.8 Å². The summed E-state index contributed by atoms with van der Waals surface area (Å²) in [4.78, 5) is 0. The van der Waals surface area contributed by atoms with Crippen LogP contribution in [0, 0.1) is 0 Å². The van der Waals surface area contributed by atoms with Crippen LogP contribution < -0.4 is 0 Å². The van der Waals surface area contributed by atoms with Crippen molar-refractivity contribution < 1.29 is 0 Å². The van der Waals surface area contributed by atoms with Crippen molar-refractivity contribution in [2.75, 3.05) is 0 Å². The third kappa shape index (κ3) is 1.83. The molecule has 1 atom stereocenters. The zero-order chi connectivity index (χ0) is 8.48. The first-order valence-electron chi connectivity index (χ1n) is 4.43. The summed E-state index contributed by atoms with van der Waals surface area (Å²) < 4.78 is 0. The van der Waals surface area contributed by atoms with Crippen LogP contribution in [0.3, 0.4) is 0 Å². The van der Waals surface area contributed by atoms with Gasteiger partial charge in [-0.2, -0.15) is 0 Å². The molecule has 0 amide bonds. The molecule has 11 heavy (non-hydrogen) atoms. The van der Waals surface area contributed by atoms with E-state index >= 15 is 0 Å². The number of rotatable bonds is 2. The van der Waals surface area contributed by atoms with E-state index in [1.165, 1.54) is 6.42 Å². The van der Waals surface area contributed by atoms with Gasteiger partial charge in [0.25, 0.3) is 0 Å². The molecule has 62 valence electrons. The first-order chi connectivity index (χ1) is 5.05. The lowest BCUT2D eigenvalue weighted by molar-refractivity contribution is 1.02. The Morgan fingerprint density at radius 3 is 2.36 bits per heavy atom. The molecule has 0 heterocycles. The second kappa shape index (κ2) is 2.98. The van der Waals surface area contributed by atoms with Crippen molar-refractivity contribution in [2.24, 2.45) is 0 Å². The minimum atomic E-state index is -0.963. The van der Waals surface area contributed by atoms with Gasteiger partial charge >= 0.3 is 0 Å². The lowest BCUT2D eigenvalue weighted by Crippen LogP contribution is -2.27. The van der Waals surface area contributed by atoms with Gasteiger partial charge in [-0.1, -0.05) is 50.4 Å². The van der Waals surface area contributed by atoms with Gasteiger partial charge in [0.1, 0.15) is 0 Å². The fourth-order valence-electron chi connectivity index (χ4n) is 1.70. The maximum atomic E-state index is 2.44. The van der Waals surface area contributed by atoms with E-state index in [2.05, 4.69) is 44.8 Å². The lowest BCUT2D eigenvalue weighted by atomic mass is 10.2. The molecular weight excluding hydrogens is 148 g/mol. The van der Waals surface area contributed by atoms with Crippen molar-refractivity contribution >= 4 is 8.07 Å². The molecule has 0 spiro atoms. The average Bonchev–Trinajstić information content (AvgIpc) is 2.31. The van der Waals surface area contributed by atoms with E-state index in [1.807, 2.05) is 0 Å². The van der Waals surface area contributed by atoms with Crippen LogP contribution >= 0.6 is 0 Å². The highest BCUT2D eigenvalue weighted by atomic mass is 28.3. The summed E-state index contributed by atoms with van der Waals surface area (Å²) in [5.41, 5.74) is 2.46. The summed E-state index contributed by atoms with van der Waals surface area (Å²) in [6.07, 6.45) is 8.12. The first-order valence-corrected chi connectivity index (χ1v) is 8.00. The van der Waals surface area contributed by atoms with Gasteiger partial charge in [-0.3, -0.25) is 0 Å². The lowest BCUT2D eigenvalue weighted by Gasteiger charge is -2.25. The molecule has 1 rings (SSSR count). The third-order valence-corrected chi connectivity index (χ3v) is 4.78. The van der Waals surface area contributed by atoms with Crippen LogP contribution in [0.5, 0.6) is 0 Å². The Labute approximate surface area is 71.0 Å². The van der Waals surface area contributed by atoms with Gasteiger partial charge in [0.15, 0.2) is 0 Å². The highest BCUT2D eigenvalue weighted by Gasteiger charge is 2.28. The van der Waals surface area contributed by atoms with Crippen molar-refractivity contribution in [3.8, 4) is 0 Å². The topological polar surface area (TPSA) is 0 Å². The van der Waals surface area contributed by atoms with Crippen molar-refractivity contribution in [2.45, 2.75) is 38.5 Å². The van der Waals surface area contributed by atoms with Crippen LogP contribution in [0.1, 0.15) is 13.3 Å². The highest BCUT2D eigenvalue weighted by molar-refractivity contribution is 6.78. The Kier molecular flexibility index (Phi) is 2.38. The predicted octanol–water partition coefficient (Wildman–Crippen LogP) is 3.60. The summed E-state index contributed by atoms with van der Waals surface area (Å²) in [6, 6.07) is 0. The number of allylic oxidation sites excluding steroid dienone is 4. The minimum absolute atomic E-state index is 0.812. The Morgan fingerprint density at radius 2 is 2.00 bits per heavy atom. The molecule has 0 aliphatic heterocycles. The molecule has 1 aliphatic carbocycles. The molecule has 0 bridgehead atoms. The van der Waals surface area contributed by atoms with E-state index in [4.69, 9.17) is 0 Å². The third-order valence-electron chi connectivity index (χ3n) is 2.35.